The third-order valence-corrected chi connectivity index (χ3v) is 10.1. The lowest BCUT2D eigenvalue weighted by molar-refractivity contribution is 0.0402. The van der Waals surface area contributed by atoms with E-state index in [1.807, 2.05) is 20.8 Å². The highest BCUT2D eigenvalue weighted by Gasteiger charge is 2.35. The highest BCUT2D eigenvalue weighted by atomic mass is 35.5. The van der Waals surface area contributed by atoms with E-state index >= 15 is 0 Å². The summed E-state index contributed by atoms with van der Waals surface area (Å²) >= 11 is 6.49. The summed E-state index contributed by atoms with van der Waals surface area (Å²) in [6.45, 7) is 11.1. The number of guanidine groups is 1. The second kappa shape index (κ2) is 16.2. The largest absolute Gasteiger partial charge is 0.447 e. The molecule has 0 radical (unpaired) electrons. The lowest BCUT2D eigenvalue weighted by Gasteiger charge is -2.33. The molecule has 3 aromatic rings. The van der Waals surface area contributed by atoms with Gasteiger partial charge in [0.1, 0.15) is 24.0 Å². The van der Waals surface area contributed by atoms with Crippen molar-refractivity contribution in [2.75, 3.05) is 19.4 Å². The zero-order valence-electron chi connectivity index (χ0n) is 29.8. The average molecular weight is 748 g/mol. The Bertz CT molecular complexity index is 1880. The van der Waals surface area contributed by atoms with Crippen LogP contribution in [0.5, 0.6) is 0 Å². The van der Waals surface area contributed by atoms with Gasteiger partial charge in [-0.3, -0.25) is 15.1 Å². The van der Waals surface area contributed by atoms with E-state index in [4.69, 9.17) is 21.7 Å². The number of carbonyl (C=O) groups is 2. The van der Waals surface area contributed by atoms with Gasteiger partial charge in [0.15, 0.2) is 15.8 Å². The van der Waals surface area contributed by atoms with E-state index in [-0.39, 0.29) is 22.0 Å². The molecule has 16 heteroatoms. The first-order chi connectivity index (χ1) is 23.5. The Morgan fingerprint density at radius 3 is 2.27 bits per heavy atom. The molecule has 0 unspecified atom stereocenters. The maximum absolute atomic E-state index is 14.4. The molecule has 3 rings (SSSR count). The van der Waals surface area contributed by atoms with Gasteiger partial charge < -0.3 is 15.4 Å². The smallest absolute Gasteiger partial charge is 0.407 e. The summed E-state index contributed by atoms with van der Waals surface area (Å²) in [4.78, 5) is 32.3. The molecule has 51 heavy (non-hydrogen) atoms. The van der Waals surface area contributed by atoms with Gasteiger partial charge in [0.05, 0.1) is 22.3 Å². The van der Waals surface area contributed by atoms with E-state index in [9.17, 15) is 26.8 Å². The molecule has 276 valence electrons. The van der Waals surface area contributed by atoms with Gasteiger partial charge in [0.2, 0.25) is 0 Å². The number of alkyl carbamates (subject to hydrolysis) is 1. The molecule has 2 aromatic carbocycles. The zero-order valence-corrected chi connectivity index (χ0v) is 31.4. The van der Waals surface area contributed by atoms with E-state index in [0.29, 0.717) is 29.8 Å². The molecule has 0 bridgehead atoms. The van der Waals surface area contributed by atoms with Crippen LogP contribution in [0.25, 0.3) is 5.69 Å². The molecule has 3 N–H and O–H groups in total. The summed E-state index contributed by atoms with van der Waals surface area (Å²) in [5.41, 5.74) is -0.700. The van der Waals surface area contributed by atoms with E-state index < -0.39 is 51.2 Å². The van der Waals surface area contributed by atoms with Crippen LogP contribution in [0.2, 0.25) is 5.02 Å². The first kappa shape index (κ1) is 40.9. The fraction of sp³-hybridized carbons (Fsp3) is 0.457. The molecule has 0 aliphatic heterocycles. The Labute approximate surface area is 302 Å². The number of alkyl halides is 2. The minimum atomic E-state index is -3.47. The molecule has 0 saturated carbocycles. The van der Waals surface area contributed by atoms with Gasteiger partial charge in [-0.15, -0.1) is 0 Å². The Morgan fingerprint density at radius 1 is 1.08 bits per heavy atom. The quantitative estimate of drug-likeness (QED) is 0.122. The first-order valence-electron chi connectivity index (χ1n) is 15.9. The summed E-state index contributed by atoms with van der Waals surface area (Å²) in [6.07, 6.45) is 0.400. The predicted molar refractivity (Wildman–Crippen MR) is 192 cm³/mol. The van der Waals surface area contributed by atoms with Crippen molar-refractivity contribution in [2.24, 2.45) is 5.41 Å². The Morgan fingerprint density at radius 2 is 1.73 bits per heavy atom. The number of nitrogens with one attached hydrogen (secondary N) is 3. The summed E-state index contributed by atoms with van der Waals surface area (Å²) in [7, 11) is -3.47. The van der Waals surface area contributed by atoms with E-state index in [1.54, 1.807) is 30.3 Å². The number of rotatable bonds is 11. The van der Waals surface area contributed by atoms with Crippen LogP contribution in [0.3, 0.4) is 0 Å². The number of hydrogen-bond donors (Lipinski definition) is 3. The number of benzene rings is 2. The van der Waals surface area contributed by atoms with Crippen LogP contribution in [0.15, 0.2) is 55.1 Å². The summed E-state index contributed by atoms with van der Waals surface area (Å²) in [5.74, 6) is 4.60. The van der Waals surface area contributed by atoms with Crippen molar-refractivity contribution in [1.82, 2.24) is 30.3 Å². The van der Waals surface area contributed by atoms with Gasteiger partial charge in [-0.25, -0.2) is 31.7 Å². The highest BCUT2D eigenvalue weighted by molar-refractivity contribution is 7.92. The van der Waals surface area contributed by atoms with Gasteiger partial charge in [-0.1, -0.05) is 50.3 Å². The van der Waals surface area contributed by atoms with Crippen LogP contribution < -0.4 is 10.6 Å². The van der Waals surface area contributed by atoms with Crippen molar-refractivity contribution >= 4 is 39.4 Å². The molecule has 1 atom stereocenters. The van der Waals surface area contributed by atoms with Crippen LogP contribution in [0.4, 0.5) is 13.6 Å². The summed E-state index contributed by atoms with van der Waals surface area (Å²) < 4.78 is 56.9. The number of carbonyl (C=O) groups excluding carboxylic acids is 2. The zero-order chi connectivity index (χ0) is 38.4. The Hall–Kier alpha value is -4.55. The SMILES string of the molecule is CC(C)(C)CCNC(=N)N(C(=O)c1ccc(C#CC(C)(C)S(C)(=O)=O)cc1)[C@H](COC(=O)NC(C)(C)C(F)F)c1ccc(Cl)c(-n2cncn2)c1. The van der Waals surface area contributed by atoms with Gasteiger partial charge in [-0.2, -0.15) is 5.10 Å². The maximum atomic E-state index is 14.4. The fourth-order valence-corrected chi connectivity index (χ4v) is 4.70. The lowest BCUT2D eigenvalue weighted by Crippen LogP contribution is -2.51. The standard InChI is InChI=1S/C35H44ClF2N7O5S/c1-33(2,3)17-18-41-31(39)45(29(46)24-11-9-23(10-12-24)15-16-34(4,5)51(8,48)49)28(20-50-32(47)43-35(6,7)30(37)38)25-13-14-26(36)27(19-25)44-22-40-21-42-44/h9-14,19,21-22,28,30H,17-18,20H2,1-8H3,(H2,39,41)(H,43,47)/t28-/m1/s1. The number of ether oxygens (including phenoxy) is 1. The third-order valence-electron chi connectivity index (χ3n) is 7.87. The number of amides is 2. The highest BCUT2D eigenvalue weighted by Crippen LogP contribution is 2.30. The molecule has 2 amide bonds. The van der Waals surface area contributed by atoms with Crippen LogP contribution in [-0.2, 0) is 14.6 Å². The van der Waals surface area contributed by atoms with E-state index in [0.717, 1.165) is 25.0 Å². The van der Waals surface area contributed by atoms with Gasteiger partial charge in [-0.05, 0) is 81.5 Å². The van der Waals surface area contributed by atoms with Gasteiger partial charge in [0.25, 0.3) is 12.3 Å². The molecule has 0 aliphatic rings. The summed E-state index contributed by atoms with van der Waals surface area (Å²) in [6, 6.07) is 9.60. The van der Waals surface area contributed by atoms with Gasteiger partial charge >= 0.3 is 6.09 Å². The second-order valence-corrected chi connectivity index (χ2v) is 17.2. The van der Waals surface area contributed by atoms with Crippen molar-refractivity contribution < 1.29 is 31.5 Å². The van der Waals surface area contributed by atoms with Crippen molar-refractivity contribution in [3.63, 3.8) is 0 Å². The molecule has 0 fully saturated rings. The molecule has 12 nitrogen and oxygen atoms in total. The third kappa shape index (κ3) is 11.2. The number of hydrogen-bond acceptors (Lipinski definition) is 8. The first-order valence-corrected chi connectivity index (χ1v) is 18.2. The fourth-order valence-electron chi connectivity index (χ4n) is 4.26. The molecule has 0 spiro atoms. The predicted octanol–water partition coefficient (Wildman–Crippen LogP) is 6.01. The molecule has 1 heterocycles. The minimum absolute atomic E-state index is 0.106. The van der Waals surface area contributed by atoms with Crippen LogP contribution in [0.1, 0.15) is 82.4 Å². The van der Waals surface area contributed by atoms with E-state index in [1.165, 1.54) is 43.3 Å². The molecule has 0 saturated heterocycles. The van der Waals surface area contributed by atoms with Crippen molar-refractivity contribution in [3.05, 3.63) is 76.8 Å². The minimum Gasteiger partial charge on any atom is -0.447 e. The number of nitrogens with zero attached hydrogens (tertiary/aromatic N) is 4. The second-order valence-electron chi connectivity index (χ2n) is 14.2. The van der Waals surface area contributed by atoms with Gasteiger partial charge in [0, 0.05) is 23.9 Å². The number of sulfone groups is 1. The van der Waals surface area contributed by atoms with Crippen LogP contribution in [-0.4, -0.2) is 82.2 Å². The molecular weight excluding hydrogens is 704 g/mol. The van der Waals surface area contributed by atoms with Crippen molar-refractivity contribution in [1.29, 1.82) is 5.41 Å². The molecular formula is C35H44ClF2N7O5S. The van der Waals surface area contributed by atoms with Crippen molar-refractivity contribution in [2.45, 2.75) is 77.6 Å². The number of aromatic nitrogens is 3. The van der Waals surface area contributed by atoms with Crippen molar-refractivity contribution in [3.8, 4) is 17.5 Å². The number of halogens is 3. The lowest BCUT2D eigenvalue weighted by atomic mass is 9.92. The van der Waals surface area contributed by atoms with Crippen LogP contribution in [0, 0.1) is 22.7 Å². The normalized spacial score (nSPS) is 12.8. The molecule has 1 aromatic heterocycles. The van der Waals surface area contributed by atoms with Crippen LogP contribution >= 0.6 is 11.6 Å². The summed E-state index contributed by atoms with van der Waals surface area (Å²) in [5, 5.41) is 18.6. The average Bonchev–Trinajstić information content (AvgIpc) is 3.56. The Kier molecular flexibility index (Phi) is 13.0. The van der Waals surface area contributed by atoms with E-state index in [2.05, 4.69) is 32.6 Å². The maximum Gasteiger partial charge on any atom is 0.407 e. The topological polar surface area (TPSA) is 159 Å². The Balaban J connectivity index is 2.11. The monoisotopic (exact) mass is 747 g/mol. The molecule has 0 aliphatic carbocycles.